The molecule has 1 aromatic rings. The van der Waals surface area contributed by atoms with Gasteiger partial charge >= 0.3 is 0 Å². The quantitative estimate of drug-likeness (QED) is 0.877. The second kappa shape index (κ2) is 5.02. The fraction of sp³-hybridized carbons (Fsp3) is 0.538. The van der Waals surface area contributed by atoms with Gasteiger partial charge in [-0.2, -0.15) is 0 Å². The zero-order valence-corrected chi connectivity index (χ0v) is 9.91. The van der Waals surface area contributed by atoms with Crippen LogP contribution in [0, 0.1) is 5.82 Å². The predicted octanol–water partition coefficient (Wildman–Crippen LogP) is 1.92. The summed E-state index contributed by atoms with van der Waals surface area (Å²) in [6.45, 7) is 1.06. The van der Waals surface area contributed by atoms with Gasteiger partial charge in [-0.1, -0.05) is 12.1 Å². The normalized spacial score (nSPS) is 19.0. The third kappa shape index (κ3) is 2.76. The Hall–Kier alpha value is -1.13. The maximum Gasteiger partial charge on any atom is 0.168 e. The third-order valence-electron chi connectivity index (χ3n) is 3.21. The lowest BCUT2D eigenvalue weighted by Gasteiger charge is -2.32. The van der Waals surface area contributed by atoms with E-state index in [1.54, 1.807) is 18.2 Å². The Morgan fingerprint density at radius 1 is 1.41 bits per heavy atom. The summed E-state index contributed by atoms with van der Waals surface area (Å²) >= 11 is 0. The van der Waals surface area contributed by atoms with Crippen molar-refractivity contribution in [2.24, 2.45) is 0 Å². The molecule has 3 nitrogen and oxygen atoms in total. The molecule has 2 rings (SSSR count). The fourth-order valence-corrected chi connectivity index (χ4v) is 2.13. The number of ether oxygens (including phenoxy) is 2. The number of aliphatic hydroxyl groups is 1. The van der Waals surface area contributed by atoms with Gasteiger partial charge in [-0.05, 0) is 24.5 Å². The standard InChI is InChI=1S/C13H17FO3/c1-16-11-4-2-3-10(12(11)14)9-13(15)5-7-17-8-6-13/h2-4,15H,5-9H2,1H3. The highest BCUT2D eigenvalue weighted by Gasteiger charge is 2.31. The number of rotatable bonds is 3. The van der Waals surface area contributed by atoms with Crippen molar-refractivity contribution in [1.82, 2.24) is 0 Å². The Balaban J connectivity index is 2.17. The van der Waals surface area contributed by atoms with Crippen molar-refractivity contribution in [3.05, 3.63) is 29.6 Å². The third-order valence-corrected chi connectivity index (χ3v) is 3.21. The lowest BCUT2D eigenvalue weighted by molar-refractivity contribution is -0.0630. The lowest BCUT2D eigenvalue weighted by Crippen LogP contribution is -2.38. The topological polar surface area (TPSA) is 38.7 Å². The van der Waals surface area contributed by atoms with E-state index >= 15 is 0 Å². The van der Waals surface area contributed by atoms with Crippen LogP contribution in [-0.4, -0.2) is 31.0 Å². The van der Waals surface area contributed by atoms with Crippen LogP contribution in [0.3, 0.4) is 0 Å². The minimum atomic E-state index is -0.856. The molecule has 4 heteroatoms. The highest BCUT2D eigenvalue weighted by atomic mass is 19.1. The van der Waals surface area contributed by atoms with E-state index in [0.717, 1.165) is 0 Å². The van der Waals surface area contributed by atoms with Crippen molar-refractivity contribution in [3.8, 4) is 5.75 Å². The van der Waals surface area contributed by atoms with Crippen molar-refractivity contribution < 1.29 is 19.0 Å². The van der Waals surface area contributed by atoms with Gasteiger partial charge in [0.2, 0.25) is 0 Å². The van der Waals surface area contributed by atoms with Gasteiger partial charge in [-0.15, -0.1) is 0 Å². The molecular weight excluding hydrogens is 223 g/mol. The van der Waals surface area contributed by atoms with Gasteiger partial charge in [0.1, 0.15) is 0 Å². The molecule has 0 aliphatic carbocycles. The van der Waals surface area contributed by atoms with Gasteiger partial charge in [0.05, 0.1) is 12.7 Å². The van der Waals surface area contributed by atoms with Crippen LogP contribution in [0.15, 0.2) is 18.2 Å². The van der Waals surface area contributed by atoms with Crippen molar-refractivity contribution >= 4 is 0 Å². The number of benzene rings is 1. The smallest absolute Gasteiger partial charge is 0.168 e. The first-order valence-corrected chi connectivity index (χ1v) is 5.76. The molecule has 0 bridgehead atoms. The van der Waals surface area contributed by atoms with Crippen LogP contribution in [0.4, 0.5) is 4.39 Å². The van der Waals surface area contributed by atoms with Crippen molar-refractivity contribution in [3.63, 3.8) is 0 Å². The van der Waals surface area contributed by atoms with Crippen molar-refractivity contribution in [2.75, 3.05) is 20.3 Å². The molecule has 0 saturated carbocycles. The number of hydrogen-bond donors (Lipinski definition) is 1. The molecule has 1 heterocycles. The maximum absolute atomic E-state index is 13.9. The molecule has 0 radical (unpaired) electrons. The van der Waals surface area contributed by atoms with Crippen molar-refractivity contribution in [2.45, 2.75) is 24.9 Å². The molecule has 0 aromatic heterocycles. The Bertz CT molecular complexity index is 386. The molecule has 1 aliphatic rings. The maximum atomic E-state index is 13.9. The highest BCUT2D eigenvalue weighted by Crippen LogP contribution is 2.28. The van der Waals surface area contributed by atoms with Crippen LogP contribution in [0.1, 0.15) is 18.4 Å². The van der Waals surface area contributed by atoms with Crippen LogP contribution in [0.5, 0.6) is 5.75 Å². The molecule has 0 spiro atoms. The van der Waals surface area contributed by atoms with E-state index in [4.69, 9.17) is 9.47 Å². The van der Waals surface area contributed by atoms with E-state index in [-0.39, 0.29) is 11.6 Å². The number of halogens is 1. The minimum Gasteiger partial charge on any atom is -0.494 e. The fourth-order valence-electron chi connectivity index (χ4n) is 2.13. The van der Waals surface area contributed by atoms with Gasteiger partial charge in [-0.3, -0.25) is 0 Å². The minimum absolute atomic E-state index is 0.221. The summed E-state index contributed by atoms with van der Waals surface area (Å²) in [5.41, 5.74) is -0.361. The molecule has 0 unspecified atom stereocenters. The molecule has 1 aromatic carbocycles. The van der Waals surface area contributed by atoms with E-state index in [9.17, 15) is 9.50 Å². The molecule has 1 fully saturated rings. The zero-order valence-electron chi connectivity index (χ0n) is 9.91. The molecule has 0 atom stereocenters. The Morgan fingerprint density at radius 3 is 2.76 bits per heavy atom. The highest BCUT2D eigenvalue weighted by molar-refractivity contribution is 5.32. The van der Waals surface area contributed by atoms with Crippen molar-refractivity contribution in [1.29, 1.82) is 0 Å². The van der Waals surface area contributed by atoms with Crippen LogP contribution in [-0.2, 0) is 11.2 Å². The van der Waals surface area contributed by atoms with E-state index < -0.39 is 5.60 Å². The van der Waals surface area contributed by atoms with E-state index in [2.05, 4.69) is 0 Å². The first-order valence-electron chi connectivity index (χ1n) is 5.76. The SMILES string of the molecule is COc1cccc(CC2(O)CCOCC2)c1F. The van der Waals surface area contributed by atoms with Gasteiger partial charge in [0.15, 0.2) is 11.6 Å². The summed E-state index contributed by atoms with van der Waals surface area (Å²) in [6, 6.07) is 5.00. The molecule has 94 valence electrons. The molecular formula is C13H17FO3. The molecule has 17 heavy (non-hydrogen) atoms. The average Bonchev–Trinajstić information content (AvgIpc) is 2.32. The monoisotopic (exact) mass is 240 g/mol. The van der Waals surface area contributed by atoms with Gasteiger partial charge in [0, 0.05) is 19.6 Å². The van der Waals surface area contributed by atoms with Gasteiger partial charge in [0.25, 0.3) is 0 Å². The summed E-state index contributed by atoms with van der Waals surface area (Å²) in [7, 11) is 1.44. The average molecular weight is 240 g/mol. The van der Waals surface area contributed by atoms with Gasteiger partial charge in [-0.25, -0.2) is 4.39 Å². The lowest BCUT2D eigenvalue weighted by atomic mass is 9.87. The molecule has 1 aliphatic heterocycles. The number of hydrogen-bond acceptors (Lipinski definition) is 3. The first kappa shape index (κ1) is 12.3. The summed E-state index contributed by atoms with van der Waals surface area (Å²) < 4.78 is 24.1. The number of methoxy groups -OCH3 is 1. The molecule has 1 N–H and O–H groups in total. The summed E-state index contributed by atoms with van der Waals surface area (Å²) in [6.07, 6.45) is 1.40. The van der Waals surface area contributed by atoms with E-state index in [0.29, 0.717) is 38.0 Å². The molecule has 1 saturated heterocycles. The largest absolute Gasteiger partial charge is 0.494 e. The second-order valence-electron chi connectivity index (χ2n) is 4.45. The Labute approximate surface area is 100 Å². The first-order chi connectivity index (χ1) is 8.14. The van der Waals surface area contributed by atoms with Gasteiger partial charge < -0.3 is 14.6 Å². The van der Waals surface area contributed by atoms with Crippen LogP contribution >= 0.6 is 0 Å². The van der Waals surface area contributed by atoms with Crippen LogP contribution in [0.2, 0.25) is 0 Å². The van der Waals surface area contributed by atoms with E-state index in [1.165, 1.54) is 7.11 Å². The molecule has 0 amide bonds. The second-order valence-corrected chi connectivity index (χ2v) is 4.45. The Morgan fingerprint density at radius 2 is 2.12 bits per heavy atom. The zero-order chi connectivity index (χ0) is 12.3. The summed E-state index contributed by atoms with van der Waals surface area (Å²) in [5, 5.41) is 10.3. The Kier molecular flexibility index (Phi) is 3.64. The van der Waals surface area contributed by atoms with Crippen LogP contribution < -0.4 is 4.74 Å². The van der Waals surface area contributed by atoms with Crippen LogP contribution in [0.25, 0.3) is 0 Å². The summed E-state index contributed by atoms with van der Waals surface area (Å²) in [4.78, 5) is 0. The predicted molar refractivity (Wildman–Crippen MR) is 61.7 cm³/mol. The summed E-state index contributed by atoms with van der Waals surface area (Å²) in [5.74, 6) is -0.159. The van der Waals surface area contributed by atoms with E-state index in [1.807, 2.05) is 0 Å².